The highest BCUT2D eigenvalue weighted by molar-refractivity contribution is 6.00. The van der Waals surface area contributed by atoms with Gasteiger partial charge in [0.1, 0.15) is 67.0 Å². The van der Waals surface area contributed by atoms with E-state index in [0.29, 0.717) is 19.4 Å². The van der Waals surface area contributed by atoms with Crippen LogP contribution in [0.1, 0.15) is 130 Å². The number of aliphatic carboxylic acids is 1. The zero-order chi connectivity index (χ0) is 78.3. The zero-order valence-corrected chi connectivity index (χ0v) is 59.2. The number of primary amides is 1. The molecule has 41 nitrogen and oxygen atoms in total. The van der Waals surface area contributed by atoms with Gasteiger partial charge in [-0.3, -0.25) is 77.1 Å². The number of amides is 13. The van der Waals surface area contributed by atoms with Crippen LogP contribution in [0, 0.1) is 0 Å². The van der Waals surface area contributed by atoms with Crippen LogP contribution in [-0.2, 0) is 67.1 Å². The van der Waals surface area contributed by atoms with Gasteiger partial charge in [0.2, 0.25) is 76.8 Å². The third-order valence-electron chi connectivity index (χ3n) is 16.1. The molecule has 1 saturated carbocycles. The first-order valence-corrected chi connectivity index (χ1v) is 34.1. The lowest BCUT2D eigenvalue weighted by molar-refractivity contribution is -0.138. The first-order chi connectivity index (χ1) is 49.0. The Bertz CT molecular complexity index is 3080. The molecule has 0 spiro atoms. The van der Waals surface area contributed by atoms with Crippen LogP contribution in [0.25, 0.3) is 0 Å². The lowest BCUT2D eigenvalue weighted by Gasteiger charge is -2.29. The smallest absolute Gasteiger partial charge is 0.322 e. The van der Waals surface area contributed by atoms with Gasteiger partial charge in [-0.05, 0) is 130 Å². The van der Waals surface area contributed by atoms with E-state index < -0.39 is 200 Å². The van der Waals surface area contributed by atoms with Gasteiger partial charge in [-0.15, -0.1) is 0 Å². The molecule has 13 amide bonds. The molecule has 1 aliphatic rings. The maximum Gasteiger partial charge on any atom is 0.322 e. The van der Waals surface area contributed by atoms with Gasteiger partial charge >= 0.3 is 5.97 Å². The Hall–Kier alpha value is -9.94. The Morgan fingerprint density at radius 2 is 0.875 bits per heavy atom. The Balaban J connectivity index is 2.44. The number of hydrogen-bond donors (Lipinski definition) is 25. The molecule has 1 aliphatic carbocycles. The van der Waals surface area contributed by atoms with Crippen molar-refractivity contribution in [2.24, 2.45) is 50.1 Å². The summed E-state index contributed by atoms with van der Waals surface area (Å²) >= 11 is 0. The van der Waals surface area contributed by atoms with Gasteiger partial charge in [0.05, 0.1) is 37.5 Å². The number of carboxylic acid groups (broad SMARTS) is 1. The lowest BCUT2D eigenvalue weighted by Crippen LogP contribution is -2.62. The van der Waals surface area contributed by atoms with Crippen molar-refractivity contribution in [3.63, 3.8) is 0 Å². The van der Waals surface area contributed by atoms with Crippen LogP contribution in [0.2, 0.25) is 0 Å². The minimum Gasteiger partial charge on any atom is -0.480 e. The highest BCUT2D eigenvalue weighted by atomic mass is 16.4. The number of unbranched alkanes of at least 4 members (excludes halogenated alkanes) is 2. The summed E-state index contributed by atoms with van der Waals surface area (Å²) in [6.45, 7) is 3.83. The number of nitrogens with zero attached hydrogens (tertiary/aromatic N) is 2. The summed E-state index contributed by atoms with van der Waals surface area (Å²) in [4.78, 5) is 195. The maximum atomic E-state index is 14.5. The largest absolute Gasteiger partial charge is 0.480 e. The van der Waals surface area contributed by atoms with Gasteiger partial charge in [0.25, 0.3) is 0 Å². The van der Waals surface area contributed by atoms with Crippen LogP contribution in [-0.4, -0.2) is 257 Å². The van der Waals surface area contributed by atoms with Gasteiger partial charge in [0, 0.05) is 31.5 Å². The van der Waals surface area contributed by atoms with Gasteiger partial charge in [-0.25, -0.2) is 0 Å². The van der Waals surface area contributed by atoms with Gasteiger partial charge in [0.15, 0.2) is 11.9 Å². The second-order valence-electron chi connectivity index (χ2n) is 25.1. The van der Waals surface area contributed by atoms with Crippen molar-refractivity contribution in [2.45, 2.75) is 215 Å². The SMILES string of the molecule is C[C@H](N)C(=O)N[C@@H](CCCN=C(N)N)C(=O)N[C@H](C(=O)N[C@@H](CCCCN[C@@H]1C[C@H]1c1ccccc1)C(=O)N[C@@H](CCC(N)=O)C(=O)N[C@H](C(=O)N[C@@H](C)C(=O)N[C@@H](CCCN=C(N)N)C(=O)N[C@@H](CCCCN)C(=O)N[C@@H](CO)C(=O)N[C@H](C(=O)NCC(=O)NCC(=O)O)[C@@H](C)O)[C@@H](C)O)[C@@H](C)O. The summed E-state index contributed by atoms with van der Waals surface area (Å²) in [5, 5.41) is 82.8. The van der Waals surface area contributed by atoms with Crippen molar-refractivity contribution in [2.75, 3.05) is 45.9 Å². The molecule has 0 bridgehead atoms. The first kappa shape index (κ1) is 90.1. The maximum absolute atomic E-state index is 14.5. The van der Waals surface area contributed by atoms with E-state index >= 15 is 0 Å². The molecule has 0 unspecified atom stereocenters. The number of nitrogens with one attached hydrogen (secondary N) is 13. The average Bonchev–Trinajstić information content (AvgIpc) is 1.66. The Morgan fingerprint density at radius 1 is 0.471 bits per heavy atom. The Kier molecular flexibility index (Phi) is 41.0. The molecule has 0 saturated heterocycles. The van der Waals surface area contributed by atoms with Crippen LogP contribution in [0.15, 0.2) is 40.3 Å². The molecule has 32 N–H and O–H groups in total. The fourth-order valence-electron chi connectivity index (χ4n) is 10.1. The lowest BCUT2D eigenvalue weighted by atomic mass is 10.0. The standard InChI is InChI=1S/C63H108N22O19/c1-31(65)51(94)77-41(20-14-26-73-63(69)70)56(99)85-50(35(5)89)61(104)81-39(18-10-12-24-71-43-27-37(43)36-15-7-6-8-16-36)53(96)80-42(21-22-45(66)90)57(100)84-49(34(4)88)60(103)76-32(2)52(95)78-40(19-13-25-72-62(67)68)54(97)79-38(17-9-11-23-64)55(98)82-44(30-86)58(101)83-48(33(3)87)59(102)75-28-46(91)74-29-47(92)93/h6-8,15-16,31-35,37-44,48-50,71,86-89H,9-14,17-30,64-65H2,1-5H3,(H2,66,90)(H,74,91)(H,75,102)(H,76,103)(H,77,94)(H,78,95)(H,79,97)(H,80,96)(H,81,104)(H,82,98)(H,83,101)(H,84,100)(H,85,99)(H,92,93)(H4,67,68,72)(H4,69,70,73)/t31-,32-,33+,34+,35+,37-,38-,39-,40-,41-,42-,43+,44-,48-,49-,50-/m0/s1. The molecule has 0 heterocycles. The van der Waals surface area contributed by atoms with Crippen molar-refractivity contribution >= 4 is 94.7 Å². The van der Waals surface area contributed by atoms with Gasteiger partial charge in [-0.1, -0.05) is 30.3 Å². The van der Waals surface area contributed by atoms with E-state index in [2.05, 4.69) is 73.8 Å². The molecule has 584 valence electrons. The molecule has 1 fully saturated rings. The first-order valence-electron chi connectivity index (χ1n) is 34.1. The number of rotatable bonds is 51. The van der Waals surface area contributed by atoms with Gasteiger partial charge < -0.3 is 135 Å². The van der Waals surface area contributed by atoms with E-state index in [-0.39, 0.29) is 94.9 Å². The van der Waals surface area contributed by atoms with Crippen LogP contribution < -0.4 is 109 Å². The summed E-state index contributed by atoms with van der Waals surface area (Å²) in [6, 6.07) is -7.65. The van der Waals surface area contributed by atoms with E-state index in [9.17, 15) is 87.5 Å². The van der Waals surface area contributed by atoms with Crippen LogP contribution in [0.3, 0.4) is 0 Å². The number of nitrogens with two attached hydrogens (primary N) is 7. The molecule has 0 radical (unpaired) electrons. The van der Waals surface area contributed by atoms with Crippen molar-refractivity contribution in [1.29, 1.82) is 0 Å². The minimum absolute atomic E-state index is 0.00610. The number of aliphatic hydroxyl groups is 4. The monoisotopic (exact) mass is 1480 g/mol. The number of carboxylic acids is 1. The van der Waals surface area contributed by atoms with Gasteiger partial charge in [-0.2, -0.15) is 0 Å². The van der Waals surface area contributed by atoms with Crippen molar-refractivity contribution < 1.29 is 92.7 Å². The number of carbonyl (C=O) groups excluding carboxylic acids is 13. The normalized spacial score (nSPS) is 17.0. The number of aliphatic imine (C=N–C) groups is 2. The molecule has 1 aromatic rings. The molecule has 0 aliphatic heterocycles. The summed E-state index contributed by atoms with van der Waals surface area (Å²) < 4.78 is 0. The molecule has 1 aromatic carbocycles. The van der Waals surface area contributed by atoms with Crippen molar-refractivity contribution in [3.8, 4) is 0 Å². The van der Waals surface area contributed by atoms with Crippen molar-refractivity contribution in [1.82, 2.24) is 69.1 Å². The number of aliphatic hydroxyl groups excluding tert-OH is 4. The average molecular weight is 1480 g/mol. The van der Waals surface area contributed by atoms with E-state index in [1.165, 1.54) is 13.8 Å². The van der Waals surface area contributed by atoms with E-state index in [1.54, 1.807) is 0 Å². The third kappa shape index (κ3) is 34.8. The summed E-state index contributed by atoms with van der Waals surface area (Å²) in [7, 11) is 0. The topological polar surface area (TPSA) is 703 Å². The molecule has 41 heteroatoms. The molecular weight excluding hydrogens is 1370 g/mol. The second-order valence-corrected chi connectivity index (χ2v) is 25.1. The quantitative estimate of drug-likeness (QED) is 0.0164. The van der Waals surface area contributed by atoms with Crippen LogP contribution in [0.4, 0.5) is 0 Å². The van der Waals surface area contributed by atoms with Crippen molar-refractivity contribution in [3.05, 3.63) is 35.9 Å². The second kappa shape index (κ2) is 47.4. The highest BCUT2D eigenvalue weighted by Crippen LogP contribution is 2.40. The van der Waals surface area contributed by atoms with E-state index in [1.807, 2.05) is 35.6 Å². The Morgan fingerprint density at radius 3 is 1.32 bits per heavy atom. The number of carbonyl (C=O) groups is 14. The van der Waals surface area contributed by atoms with Crippen LogP contribution >= 0.6 is 0 Å². The summed E-state index contributed by atoms with van der Waals surface area (Å²) in [6.07, 6.45) is -4.40. The third-order valence-corrected chi connectivity index (χ3v) is 16.1. The zero-order valence-electron chi connectivity index (χ0n) is 59.2. The molecule has 2 rings (SSSR count). The van der Waals surface area contributed by atoms with Crippen LogP contribution in [0.5, 0.6) is 0 Å². The molecule has 104 heavy (non-hydrogen) atoms. The number of guanidine groups is 2. The number of benzene rings is 1. The minimum atomic E-state index is -1.93. The van der Waals surface area contributed by atoms with E-state index in [4.69, 9.17) is 45.2 Å². The van der Waals surface area contributed by atoms with E-state index in [0.717, 1.165) is 32.8 Å². The fraction of sp³-hybridized carbons (Fsp3) is 0.651. The Labute approximate surface area is 601 Å². The highest BCUT2D eigenvalue weighted by Gasteiger charge is 2.40. The molecule has 0 aromatic heterocycles. The molecule has 16 atom stereocenters. The predicted molar refractivity (Wildman–Crippen MR) is 375 cm³/mol. The number of hydrogen-bond acceptors (Lipinski definition) is 23. The fourth-order valence-corrected chi connectivity index (χ4v) is 10.1. The summed E-state index contributed by atoms with van der Waals surface area (Å²) in [5.74, 6) is -15.2. The predicted octanol–water partition coefficient (Wildman–Crippen LogP) is -10.5. The summed E-state index contributed by atoms with van der Waals surface area (Å²) in [5.41, 5.74) is 39.9. The molecular formula is C63H108N22O19.